The fraction of sp³-hybridized carbons (Fsp3) is 0.125. The average Bonchev–Trinajstić information content (AvgIpc) is 1.60. The van der Waals surface area contributed by atoms with Crippen molar-refractivity contribution in [2.45, 2.75) is 70.8 Å². The standard InChI is InChI=1S/C27H20ClNO.C21H17ClO2.C21H15ClO.C20H13ClO3.C12H9BO3.C8H6Cl2O2.C6H6ClN.C4H8O.CH3.Li/c1-27(2)19-15-14-17-16-8-3-6-13-23(16)30-26(17)24(19)18-9-7-12-22(25(18)27)29-21-11-5-4-10-20(21)28;1-21(2,23)19-14(8-6-11-17(19)22)16-10-5-9-15-13-7-3-4-12-18(13)24-20(15)16;1-21(2)15-11-10-13-12-6-3-4-9-17(12)23-20(13)18(15)14-7-5-8-16(22)19(14)21;1-23-20(22)18-13(7-5-10-16(18)21)15-9-4-8-14-12-6-2-3-11-17(12)24-19(14)15;14-13(15)10-6-3-5-9-8-4-1-2-7-11(8)16-12(9)10;1-12-8(11)7-5(9)3-2-4-6(7)10;7-5-3-1-2-4-6(5)8;1-2-4-5-3-1;;/h3-15,29H,1-2H3;3-12,23H,1-2H3;3-11H,1-2H3;2-11H,1H3;1-7,14-15H;2-4H,1H3;1-4H,8H2;1-4H2;1H3;/q;;;;;;;;-1;+1. The second kappa shape index (κ2) is 44.2. The van der Waals surface area contributed by atoms with Gasteiger partial charge in [0.1, 0.15) is 55.8 Å². The molecule has 17 aromatic carbocycles. The summed E-state index contributed by atoms with van der Waals surface area (Å²) in [7, 11) is 1.11. The van der Waals surface area contributed by atoms with Crippen LogP contribution in [0.25, 0.3) is 154 Å². The van der Waals surface area contributed by atoms with E-state index in [9.17, 15) is 24.7 Å². The number of esters is 2. The van der Waals surface area contributed by atoms with Gasteiger partial charge in [0.15, 0.2) is 0 Å². The van der Waals surface area contributed by atoms with Gasteiger partial charge in [-0.05, 0) is 157 Å². The second-order valence-corrected chi connectivity index (χ2v) is 38.6. The minimum Gasteiger partial charge on any atom is -0.465 e. The monoisotopic (exact) mass is 2040 g/mol. The first-order valence-electron chi connectivity index (χ1n) is 46.0. The number of nitrogen functional groups attached to an aromatic ring is 1. The fourth-order valence-corrected chi connectivity index (χ4v) is 21.1. The van der Waals surface area contributed by atoms with Crippen LogP contribution in [-0.2, 0) is 30.6 Å². The molecular weight excluding hydrogens is 1940 g/mol. The molecule has 0 unspecified atom stereocenters. The van der Waals surface area contributed by atoms with Gasteiger partial charge in [0.2, 0.25) is 0 Å². The Morgan fingerprint density at radius 3 is 1.12 bits per heavy atom. The third-order valence-electron chi connectivity index (χ3n) is 25.7. The first-order valence-corrected chi connectivity index (χ1v) is 48.6. The molecule has 25 rings (SSSR count). The molecule has 5 aromatic heterocycles. The molecule has 0 saturated carbocycles. The van der Waals surface area contributed by atoms with E-state index in [0.29, 0.717) is 63.6 Å². The van der Waals surface area contributed by atoms with Crippen LogP contribution in [0.5, 0.6) is 0 Å². The Bertz CT molecular complexity index is 8520. The predicted molar refractivity (Wildman–Crippen MR) is 591 cm³/mol. The molecule has 718 valence electrons. The molecule has 1 fully saturated rings. The largest absolute Gasteiger partial charge is 1.00 e. The van der Waals surface area contributed by atoms with Gasteiger partial charge in [-0.25, -0.2) is 9.59 Å². The molecule has 0 spiro atoms. The maximum absolute atomic E-state index is 12.2. The number of carbonyl (C=O) groups excluding carboxylic acids is 2. The van der Waals surface area contributed by atoms with Gasteiger partial charge in [0, 0.05) is 132 Å². The zero-order valence-corrected chi connectivity index (χ0v) is 85.7. The molecular formula is C120H97BCl7LiN2O13. The number of rotatable bonds is 8. The topological polar surface area (TPSA) is 226 Å². The van der Waals surface area contributed by atoms with E-state index >= 15 is 0 Å². The summed E-state index contributed by atoms with van der Waals surface area (Å²) in [6.07, 6.45) is 2.56. The number of carbonyl (C=O) groups is 2. The van der Waals surface area contributed by atoms with Gasteiger partial charge < -0.3 is 69.9 Å². The SMILES string of the molecule is C1CCOC1.CC(C)(O)c1c(Cl)cccc1-c1cccc2c1oc1ccccc12.CC1(C)c2ccc3c(oc4ccccc43)c2-c2cccc(Cl)c21.CC1(C)c2ccc3c(oc4ccccc43)c2-c2cccc(Nc3ccccc3Cl)c21.COC(=O)c1c(Cl)cccc1-c1cccc2c1oc1ccccc12.COC(=O)c1c(Cl)cccc1Cl.Nc1ccccc1Cl.OB(O)c1cccc2c1oc1ccccc12.[CH3-].[Li+]. The number of furan rings is 5. The van der Waals surface area contributed by atoms with Crippen molar-refractivity contribution in [3.63, 3.8) is 0 Å². The van der Waals surface area contributed by atoms with Crippen LogP contribution in [0.2, 0.25) is 35.2 Å². The zero-order chi connectivity index (χ0) is 99.6. The molecule has 15 nitrogen and oxygen atoms in total. The maximum atomic E-state index is 12.2. The number of ether oxygens (including phenoxy) is 3. The molecule has 0 atom stereocenters. The van der Waals surface area contributed by atoms with E-state index in [4.69, 9.17) is 118 Å². The van der Waals surface area contributed by atoms with E-state index in [1.165, 1.54) is 82.3 Å². The van der Waals surface area contributed by atoms with Crippen molar-refractivity contribution < 1.29 is 79.9 Å². The predicted octanol–water partition coefficient (Wildman–Crippen LogP) is 30.9. The minimum absolute atomic E-state index is 0. The molecule has 0 bridgehead atoms. The van der Waals surface area contributed by atoms with Crippen molar-refractivity contribution >= 4 is 232 Å². The number of nitrogens with one attached hydrogen (secondary N) is 1. The summed E-state index contributed by atoms with van der Waals surface area (Å²) in [6.45, 7) is 14.5. The number of para-hydroxylation sites is 10. The summed E-state index contributed by atoms with van der Waals surface area (Å²) >= 11 is 42.6. The van der Waals surface area contributed by atoms with Gasteiger partial charge in [0.25, 0.3) is 0 Å². The maximum Gasteiger partial charge on any atom is 1.00 e. The Morgan fingerprint density at radius 1 is 0.347 bits per heavy atom. The molecule has 0 amide bonds. The van der Waals surface area contributed by atoms with E-state index in [2.05, 4.69) is 123 Å². The smallest absolute Gasteiger partial charge is 0.465 e. The van der Waals surface area contributed by atoms with E-state index in [1.54, 1.807) is 68.4 Å². The fourth-order valence-electron chi connectivity index (χ4n) is 19.1. The van der Waals surface area contributed by atoms with E-state index in [1.807, 2.05) is 200 Å². The van der Waals surface area contributed by atoms with E-state index < -0.39 is 24.7 Å². The first kappa shape index (κ1) is 104. The molecule has 144 heavy (non-hydrogen) atoms. The van der Waals surface area contributed by atoms with Crippen LogP contribution < -0.4 is 35.4 Å². The van der Waals surface area contributed by atoms with Crippen LogP contribution in [0.15, 0.2) is 362 Å². The number of hydrogen-bond donors (Lipinski definition) is 5. The molecule has 0 radical (unpaired) electrons. The van der Waals surface area contributed by atoms with Crippen LogP contribution in [0.1, 0.15) is 103 Å². The number of nitrogens with two attached hydrogens (primary N) is 1. The van der Waals surface area contributed by atoms with Gasteiger partial charge in [-0.15, -0.1) is 0 Å². The van der Waals surface area contributed by atoms with E-state index in [0.717, 1.165) is 140 Å². The minimum atomic E-state index is -1.51. The third-order valence-corrected chi connectivity index (χ3v) is 27.9. The normalized spacial score (nSPS) is 12.6. The first-order chi connectivity index (χ1) is 68.5. The van der Waals surface area contributed by atoms with Crippen LogP contribution in [-0.4, -0.2) is 61.6 Å². The van der Waals surface area contributed by atoms with Gasteiger partial charge in [-0.2, -0.15) is 0 Å². The molecule has 1 saturated heterocycles. The van der Waals surface area contributed by atoms with Crippen LogP contribution in [0, 0.1) is 7.43 Å². The molecule has 3 aliphatic rings. The zero-order valence-electron chi connectivity index (χ0n) is 80.4. The van der Waals surface area contributed by atoms with Crippen molar-refractivity contribution in [2.24, 2.45) is 0 Å². The van der Waals surface area contributed by atoms with Crippen molar-refractivity contribution in [3.05, 3.63) is 421 Å². The van der Waals surface area contributed by atoms with Gasteiger partial charge >= 0.3 is 37.9 Å². The molecule has 2 aliphatic carbocycles. The van der Waals surface area contributed by atoms with Gasteiger partial charge in [0.05, 0.1) is 67.4 Å². The average molecular weight is 2040 g/mol. The summed E-state index contributed by atoms with van der Waals surface area (Å²) in [4.78, 5) is 23.3. The number of aliphatic hydroxyl groups is 1. The van der Waals surface area contributed by atoms with Crippen molar-refractivity contribution in [1.29, 1.82) is 0 Å². The van der Waals surface area contributed by atoms with Crippen LogP contribution in [0.4, 0.5) is 17.1 Å². The molecule has 22 aromatic rings. The number of anilines is 3. The number of fused-ring (bicyclic) bond motifs is 23. The van der Waals surface area contributed by atoms with Crippen molar-refractivity contribution in [1.82, 2.24) is 0 Å². The van der Waals surface area contributed by atoms with Gasteiger partial charge in [-0.1, -0.05) is 358 Å². The van der Waals surface area contributed by atoms with Gasteiger partial charge in [-0.3, -0.25) is 0 Å². The Morgan fingerprint density at radius 2 is 0.674 bits per heavy atom. The summed E-state index contributed by atoms with van der Waals surface area (Å²) in [5, 5.41) is 47.1. The molecule has 6 heterocycles. The van der Waals surface area contributed by atoms with Crippen molar-refractivity contribution in [3.8, 4) is 44.5 Å². The number of methoxy groups -OCH3 is 2. The third kappa shape index (κ3) is 20.4. The summed E-state index contributed by atoms with van der Waals surface area (Å²) < 4.78 is 44.8. The molecule has 6 N–H and O–H groups in total. The Balaban J connectivity index is 0.000000122. The summed E-state index contributed by atoms with van der Waals surface area (Å²) in [5.41, 5.74) is 29.8. The summed E-state index contributed by atoms with van der Waals surface area (Å²) in [6, 6.07) is 110. The quantitative estimate of drug-likeness (QED) is 0.0413. The van der Waals surface area contributed by atoms with E-state index in [-0.39, 0.29) is 42.7 Å². The van der Waals surface area contributed by atoms with Crippen LogP contribution in [0.3, 0.4) is 0 Å². The summed E-state index contributed by atoms with van der Waals surface area (Å²) in [5.74, 6) is -0.991. The Labute approximate surface area is 880 Å². The number of benzene rings is 17. The molecule has 24 heteroatoms. The number of hydrogen-bond acceptors (Lipinski definition) is 15. The second-order valence-electron chi connectivity index (χ2n) is 35.7. The molecule has 1 aliphatic heterocycles. The van der Waals surface area contributed by atoms with Crippen LogP contribution >= 0.6 is 81.2 Å². The Hall–Kier alpha value is -13.2. The number of halogens is 7. The Kier molecular flexibility index (Phi) is 31.8. The van der Waals surface area contributed by atoms with Crippen molar-refractivity contribution in [2.75, 3.05) is 38.5 Å².